The van der Waals surface area contributed by atoms with Crippen LogP contribution < -0.4 is 32.2 Å². The number of benzene rings is 3. The molecule has 0 heterocycles. The third-order valence-corrected chi connectivity index (χ3v) is 5.49. The molecule has 3 aromatic carbocycles. The lowest BCUT2D eigenvalue weighted by Crippen LogP contribution is -2.29. The van der Waals surface area contributed by atoms with Crippen molar-refractivity contribution in [3.05, 3.63) is 70.8 Å². The zero-order chi connectivity index (χ0) is 27.1. The number of guanidine groups is 1. The molecule has 0 atom stereocenters. The lowest BCUT2D eigenvalue weighted by molar-refractivity contribution is -0.118. The van der Waals surface area contributed by atoms with Gasteiger partial charge in [-0.3, -0.25) is 20.0 Å². The number of nitrogens with one attached hydrogen (secondary N) is 4. The van der Waals surface area contributed by atoms with E-state index in [1.807, 2.05) is 0 Å². The van der Waals surface area contributed by atoms with E-state index in [1.54, 1.807) is 56.4 Å². The number of nitrogen functional groups attached to an aromatic ring is 1. The molecule has 0 radical (unpaired) electrons. The summed E-state index contributed by atoms with van der Waals surface area (Å²) in [6.45, 7) is 3.96. The molecule has 8 N–H and O–H groups in total. The lowest BCUT2D eigenvalue weighted by Gasteiger charge is -2.15. The number of fused-ring (bicyclic) bond motifs is 1. The van der Waals surface area contributed by atoms with Crippen molar-refractivity contribution in [2.45, 2.75) is 13.8 Å². The number of hydrogen-bond acceptors (Lipinski definition) is 6. The Balaban J connectivity index is 0.00000380. The highest BCUT2D eigenvalue weighted by molar-refractivity contribution is 6.06. The van der Waals surface area contributed by atoms with Crippen LogP contribution in [0.15, 0.2) is 53.5 Å². The minimum Gasteiger partial charge on any atom is -0.422 e. The molecule has 0 fully saturated rings. The Morgan fingerprint density at radius 3 is 2.21 bits per heavy atom. The van der Waals surface area contributed by atoms with Gasteiger partial charge in [0.2, 0.25) is 5.91 Å². The fourth-order valence-corrected chi connectivity index (χ4v) is 3.61. The number of carbonyl (C=O) groups is 3. The van der Waals surface area contributed by atoms with Gasteiger partial charge in [0.05, 0.1) is 17.7 Å². The van der Waals surface area contributed by atoms with Crippen LogP contribution in [-0.4, -0.2) is 49.7 Å². The Hall–Kier alpha value is -4.35. The van der Waals surface area contributed by atoms with Crippen molar-refractivity contribution in [3.63, 3.8) is 0 Å². The van der Waals surface area contributed by atoms with Crippen LogP contribution in [0.25, 0.3) is 10.8 Å². The first-order chi connectivity index (χ1) is 17.6. The summed E-state index contributed by atoms with van der Waals surface area (Å²) in [6, 6.07) is 13.2. The second kappa shape index (κ2) is 14.6. The number of rotatable bonds is 8. The molecular formula is C26H31Cl2N7O4. The van der Waals surface area contributed by atoms with Gasteiger partial charge in [0.1, 0.15) is 11.6 Å². The average Bonchev–Trinajstić information content (AvgIpc) is 2.87. The van der Waals surface area contributed by atoms with Gasteiger partial charge in [0.25, 0.3) is 5.91 Å². The number of nitrogens with zero attached hydrogens (tertiary/aromatic N) is 1. The summed E-state index contributed by atoms with van der Waals surface area (Å²) in [5, 5.41) is 17.7. The highest BCUT2D eigenvalue weighted by Crippen LogP contribution is 2.33. The first kappa shape index (κ1) is 32.7. The summed E-state index contributed by atoms with van der Waals surface area (Å²) >= 11 is 0. The Morgan fingerprint density at radius 1 is 1.00 bits per heavy atom. The van der Waals surface area contributed by atoms with Gasteiger partial charge in [-0.25, -0.2) is 4.79 Å². The lowest BCUT2D eigenvalue weighted by atomic mass is 9.97. The molecule has 39 heavy (non-hydrogen) atoms. The molecule has 0 aliphatic rings. The molecule has 0 aliphatic heterocycles. The van der Waals surface area contributed by atoms with Crippen LogP contribution in [0, 0.1) is 12.3 Å². The van der Waals surface area contributed by atoms with E-state index in [-0.39, 0.29) is 53.4 Å². The van der Waals surface area contributed by atoms with Gasteiger partial charge < -0.3 is 32.2 Å². The van der Waals surface area contributed by atoms with Crippen LogP contribution in [0.2, 0.25) is 0 Å². The molecule has 0 unspecified atom stereocenters. The number of esters is 1. The Kier molecular flexibility index (Phi) is 12.2. The average molecular weight is 576 g/mol. The topological polar surface area (TPSA) is 185 Å². The number of ether oxygens (including phenoxy) is 1. The van der Waals surface area contributed by atoms with E-state index in [0.29, 0.717) is 41.2 Å². The van der Waals surface area contributed by atoms with Gasteiger partial charge in [0.15, 0.2) is 5.96 Å². The van der Waals surface area contributed by atoms with Gasteiger partial charge in [-0.05, 0) is 54.1 Å². The minimum absolute atomic E-state index is 0. The highest BCUT2D eigenvalue weighted by atomic mass is 35.5. The smallest absolute Gasteiger partial charge is 0.343 e. The predicted molar refractivity (Wildman–Crippen MR) is 158 cm³/mol. The van der Waals surface area contributed by atoms with Gasteiger partial charge in [0, 0.05) is 37.3 Å². The van der Waals surface area contributed by atoms with E-state index in [9.17, 15) is 14.4 Å². The molecule has 3 aromatic rings. The van der Waals surface area contributed by atoms with E-state index >= 15 is 0 Å². The first-order valence-electron chi connectivity index (χ1n) is 11.4. The van der Waals surface area contributed by atoms with Crippen molar-refractivity contribution in [1.82, 2.24) is 10.6 Å². The van der Waals surface area contributed by atoms with Crippen molar-refractivity contribution in [2.24, 2.45) is 16.5 Å². The number of aliphatic imine (C=N–C) groups is 1. The SMILES string of the molecule is CNC(=NCCNC(C)=O)Nc1ccc(C(=O)Oc2c(C(N)=O)cc3cc(C(=N)N)ccc3c2C)cc1.Cl.Cl. The predicted octanol–water partition coefficient (Wildman–Crippen LogP) is 2.72. The van der Waals surface area contributed by atoms with Crippen molar-refractivity contribution >= 4 is 70.9 Å². The monoisotopic (exact) mass is 575 g/mol. The van der Waals surface area contributed by atoms with Crippen LogP contribution >= 0.6 is 24.8 Å². The third kappa shape index (κ3) is 8.32. The van der Waals surface area contributed by atoms with Crippen molar-refractivity contribution < 1.29 is 19.1 Å². The number of amides is 2. The number of hydrogen-bond donors (Lipinski definition) is 6. The molecule has 0 aromatic heterocycles. The summed E-state index contributed by atoms with van der Waals surface area (Å²) in [4.78, 5) is 40.4. The number of aryl methyl sites for hydroxylation is 1. The zero-order valence-electron chi connectivity index (χ0n) is 21.6. The molecule has 3 rings (SSSR count). The van der Waals surface area contributed by atoms with E-state index in [4.69, 9.17) is 21.6 Å². The van der Waals surface area contributed by atoms with Gasteiger partial charge in [-0.1, -0.05) is 12.1 Å². The maximum Gasteiger partial charge on any atom is 0.343 e. The number of amidine groups is 1. The molecule has 11 nitrogen and oxygen atoms in total. The number of halogens is 2. The number of anilines is 1. The molecule has 0 spiro atoms. The molecule has 0 aliphatic carbocycles. The van der Waals surface area contributed by atoms with Gasteiger partial charge in [-0.2, -0.15) is 0 Å². The summed E-state index contributed by atoms with van der Waals surface area (Å²) in [6.07, 6.45) is 0. The molecular weight excluding hydrogens is 545 g/mol. The summed E-state index contributed by atoms with van der Waals surface area (Å²) in [5.74, 6) is -1.07. The van der Waals surface area contributed by atoms with Crippen LogP contribution in [-0.2, 0) is 4.79 Å². The Bertz CT molecular complexity index is 1410. The third-order valence-electron chi connectivity index (χ3n) is 5.49. The highest BCUT2D eigenvalue weighted by Gasteiger charge is 2.20. The van der Waals surface area contributed by atoms with Crippen molar-refractivity contribution in [1.29, 1.82) is 5.41 Å². The molecule has 0 bridgehead atoms. The number of nitrogens with two attached hydrogens (primary N) is 2. The zero-order valence-corrected chi connectivity index (χ0v) is 23.2. The second-order valence-corrected chi connectivity index (χ2v) is 8.15. The molecule has 0 saturated carbocycles. The van der Waals surface area contributed by atoms with Crippen LogP contribution in [0.5, 0.6) is 5.75 Å². The quantitative estimate of drug-likeness (QED) is 0.0783. The number of primary amides is 1. The maximum atomic E-state index is 12.9. The van der Waals surface area contributed by atoms with E-state index < -0.39 is 11.9 Å². The second-order valence-electron chi connectivity index (χ2n) is 8.15. The standard InChI is InChI=1S/C26H29N7O4.2ClH/c1-14-20-9-6-17(23(27)28)12-18(20)13-21(24(29)35)22(14)37-25(36)16-4-7-19(8-5-16)33-26(30-3)32-11-10-31-15(2)34;;/h4-9,12-13H,10-11H2,1-3H3,(H3,27,28)(H2,29,35)(H,31,34)(H2,30,32,33);2*1H. The summed E-state index contributed by atoms with van der Waals surface area (Å²) < 4.78 is 5.64. The molecule has 208 valence electrons. The van der Waals surface area contributed by atoms with Gasteiger partial charge >= 0.3 is 5.97 Å². The van der Waals surface area contributed by atoms with Crippen molar-refractivity contribution in [3.8, 4) is 5.75 Å². The van der Waals surface area contributed by atoms with E-state index in [2.05, 4.69) is 20.9 Å². The normalized spacial score (nSPS) is 10.5. The molecule has 13 heteroatoms. The van der Waals surface area contributed by atoms with Crippen LogP contribution in [0.3, 0.4) is 0 Å². The van der Waals surface area contributed by atoms with E-state index in [1.165, 1.54) is 13.0 Å². The van der Waals surface area contributed by atoms with Crippen LogP contribution in [0.4, 0.5) is 5.69 Å². The van der Waals surface area contributed by atoms with Crippen molar-refractivity contribution in [2.75, 3.05) is 25.5 Å². The first-order valence-corrected chi connectivity index (χ1v) is 11.4. The van der Waals surface area contributed by atoms with E-state index in [0.717, 1.165) is 5.39 Å². The maximum absolute atomic E-state index is 12.9. The minimum atomic E-state index is -0.752. The number of carbonyl (C=O) groups excluding carboxylic acids is 3. The largest absolute Gasteiger partial charge is 0.422 e. The summed E-state index contributed by atoms with van der Waals surface area (Å²) in [5.41, 5.74) is 13.2. The Morgan fingerprint density at radius 2 is 1.64 bits per heavy atom. The molecule has 0 saturated heterocycles. The summed E-state index contributed by atoms with van der Waals surface area (Å²) in [7, 11) is 1.71. The van der Waals surface area contributed by atoms with Gasteiger partial charge in [-0.15, -0.1) is 24.8 Å². The molecule has 2 amide bonds. The fraction of sp³-hybridized carbons (Fsp3) is 0.192. The van der Waals surface area contributed by atoms with Crippen LogP contribution in [0.1, 0.15) is 38.8 Å². The Labute approximate surface area is 238 Å². The fourth-order valence-electron chi connectivity index (χ4n) is 3.61.